The van der Waals surface area contributed by atoms with Crippen molar-refractivity contribution in [1.82, 2.24) is 9.55 Å². The number of rotatable bonds is 12. The number of aromatic nitrogens is 2. The SMILES string of the molecule is CC(=O)OC(CCl)COc1c(Cl)cc(S(=O)(=O)c2ccc(OCC(C)Cn3ccnc3)cc2)cc1Cl. The molecule has 3 rings (SSSR count). The number of carbonyl (C=O) groups excluding carboxylic acids is 1. The Hall–Kier alpha value is -2.46. The smallest absolute Gasteiger partial charge is 0.303 e. The lowest BCUT2D eigenvalue weighted by Crippen LogP contribution is -2.25. The molecule has 2 atom stereocenters. The first-order valence-corrected chi connectivity index (χ1v) is 13.7. The van der Waals surface area contributed by atoms with Gasteiger partial charge in [-0.25, -0.2) is 13.4 Å². The highest BCUT2D eigenvalue weighted by atomic mass is 35.5. The Labute approximate surface area is 225 Å². The molecule has 36 heavy (non-hydrogen) atoms. The van der Waals surface area contributed by atoms with E-state index in [0.717, 1.165) is 6.54 Å². The van der Waals surface area contributed by atoms with Gasteiger partial charge in [-0.2, -0.15) is 0 Å². The third-order valence-electron chi connectivity index (χ3n) is 4.95. The van der Waals surface area contributed by atoms with Crippen LogP contribution in [0.4, 0.5) is 0 Å². The summed E-state index contributed by atoms with van der Waals surface area (Å²) in [6.07, 6.45) is 4.63. The molecule has 0 fully saturated rings. The monoisotopic (exact) mass is 574 g/mol. The second-order valence-corrected chi connectivity index (χ2v) is 11.1. The Morgan fingerprint density at radius 1 is 1.06 bits per heavy atom. The molecule has 0 aliphatic rings. The highest BCUT2D eigenvalue weighted by molar-refractivity contribution is 7.91. The third-order valence-corrected chi connectivity index (χ3v) is 7.61. The van der Waals surface area contributed by atoms with Gasteiger partial charge in [-0.05, 0) is 36.4 Å². The highest BCUT2D eigenvalue weighted by Gasteiger charge is 2.23. The van der Waals surface area contributed by atoms with Crippen LogP contribution in [0.15, 0.2) is 64.9 Å². The molecule has 0 aliphatic carbocycles. The number of sulfone groups is 1. The molecule has 0 saturated heterocycles. The van der Waals surface area contributed by atoms with Crippen LogP contribution in [-0.4, -0.2) is 49.1 Å². The lowest BCUT2D eigenvalue weighted by molar-refractivity contribution is -0.146. The number of imidazole rings is 1. The topological polar surface area (TPSA) is 96.7 Å². The van der Waals surface area contributed by atoms with Crippen molar-refractivity contribution < 1.29 is 27.4 Å². The Morgan fingerprint density at radius 2 is 1.72 bits per heavy atom. The predicted octanol–water partition coefficient (Wildman–Crippen LogP) is 5.29. The molecule has 2 unspecified atom stereocenters. The number of hydrogen-bond acceptors (Lipinski definition) is 7. The van der Waals surface area contributed by atoms with Crippen molar-refractivity contribution in [3.8, 4) is 11.5 Å². The Balaban J connectivity index is 1.67. The molecule has 0 saturated carbocycles. The Morgan fingerprint density at radius 3 is 2.28 bits per heavy atom. The normalized spacial score (nSPS) is 13.1. The van der Waals surface area contributed by atoms with Crippen molar-refractivity contribution in [2.75, 3.05) is 19.1 Å². The number of carbonyl (C=O) groups is 1. The van der Waals surface area contributed by atoms with Crippen molar-refractivity contribution in [3.63, 3.8) is 0 Å². The van der Waals surface area contributed by atoms with E-state index >= 15 is 0 Å². The molecule has 0 spiro atoms. The average Bonchev–Trinajstić information content (AvgIpc) is 3.34. The summed E-state index contributed by atoms with van der Waals surface area (Å²) >= 11 is 18.3. The summed E-state index contributed by atoms with van der Waals surface area (Å²) in [5.41, 5.74) is 0. The van der Waals surface area contributed by atoms with Crippen LogP contribution < -0.4 is 9.47 Å². The minimum atomic E-state index is -3.92. The molecule has 0 aliphatic heterocycles. The maximum Gasteiger partial charge on any atom is 0.303 e. The van der Waals surface area contributed by atoms with E-state index in [0.29, 0.717) is 12.4 Å². The largest absolute Gasteiger partial charge is 0.493 e. The first-order valence-electron chi connectivity index (χ1n) is 10.9. The van der Waals surface area contributed by atoms with Crippen molar-refractivity contribution in [1.29, 1.82) is 0 Å². The van der Waals surface area contributed by atoms with Gasteiger partial charge in [0.25, 0.3) is 0 Å². The van der Waals surface area contributed by atoms with E-state index in [1.54, 1.807) is 24.7 Å². The fourth-order valence-electron chi connectivity index (χ4n) is 3.25. The summed E-state index contributed by atoms with van der Waals surface area (Å²) in [5.74, 6) is 0.329. The summed E-state index contributed by atoms with van der Waals surface area (Å²) in [6, 6.07) is 8.62. The molecular formula is C24H25Cl3N2O6S. The van der Waals surface area contributed by atoms with Crippen LogP contribution >= 0.6 is 34.8 Å². The Kier molecular flexibility index (Phi) is 9.90. The lowest BCUT2D eigenvalue weighted by Gasteiger charge is -2.17. The molecule has 0 amide bonds. The fourth-order valence-corrected chi connectivity index (χ4v) is 5.44. The van der Waals surface area contributed by atoms with E-state index in [4.69, 9.17) is 49.0 Å². The minimum absolute atomic E-state index is 0.00448. The fraction of sp³-hybridized carbons (Fsp3) is 0.333. The molecule has 2 aromatic carbocycles. The van der Waals surface area contributed by atoms with Gasteiger partial charge in [0, 0.05) is 31.8 Å². The quantitative estimate of drug-likeness (QED) is 0.214. The molecule has 1 aromatic heterocycles. The second kappa shape index (κ2) is 12.7. The van der Waals surface area contributed by atoms with E-state index in [1.165, 1.54) is 31.2 Å². The maximum absolute atomic E-state index is 13.2. The summed E-state index contributed by atoms with van der Waals surface area (Å²) < 4.78 is 44.6. The van der Waals surface area contributed by atoms with E-state index in [9.17, 15) is 13.2 Å². The van der Waals surface area contributed by atoms with Gasteiger partial charge in [0.1, 0.15) is 18.5 Å². The molecule has 8 nitrogen and oxygen atoms in total. The zero-order valence-corrected chi connectivity index (χ0v) is 22.6. The van der Waals surface area contributed by atoms with Gasteiger partial charge in [0.15, 0.2) is 5.75 Å². The predicted molar refractivity (Wildman–Crippen MR) is 137 cm³/mol. The minimum Gasteiger partial charge on any atom is -0.493 e. The number of esters is 1. The third kappa shape index (κ3) is 7.52. The number of hydrogen-bond donors (Lipinski definition) is 0. The first kappa shape index (κ1) is 28.1. The van der Waals surface area contributed by atoms with Crippen LogP contribution in [0.3, 0.4) is 0 Å². The van der Waals surface area contributed by atoms with E-state index in [2.05, 4.69) is 4.98 Å². The van der Waals surface area contributed by atoms with Gasteiger partial charge in [-0.1, -0.05) is 30.1 Å². The van der Waals surface area contributed by atoms with Crippen molar-refractivity contribution in [2.24, 2.45) is 5.92 Å². The zero-order valence-electron chi connectivity index (χ0n) is 19.6. The highest BCUT2D eigenvalue weighted by Crippen LogP contribution is 2.37. The maximum atomic E-state index is 13.2. The average molecular weight is 576 g/mol. The number of halogens is 3. The van der Waals surface area contributed by atoms with Gasteiger partial charge in [-0.3, -0.25) is 4.79 Å². The van der Waals surface area contributed by atoms with Crippen LogP contribution in [0.25, 0.3) is 0 Å². The summed E-state index contributed by atoms with van der Waals surface area (Å²) in [6.45, 7) is 4.41. The standard InChI is InChI=1S/C24H25Cl3N2O6S/c1-16(12-29-8-7-28-15-29)13-33-18-3-5-20(6-4-18)36(31,32)21-9-22(26)24(23(27)10-21)34-14-19(11-25)35-17(2)30/h3-10,15-16,19H,11-14H2,1-2H3. The van der Waals surface area contributed by atoms with Crippen LogP contribution in [0.5, 0.6) is 11.5 Å². The number of benzene rings is 2. The Bertz CT molecular complexity index is 1240. The van der Waals surface area contributed by atoms with Gasteiger partial charge >= 0.3 is 5.97 Å². The number of nitrogens with zero attached hydrogens (tertiary/aromatic N) is 2. The number of ether oxygens (including phenoxy) is 3. The molecule has 12 heteroatoms. The van der Waals surface area contributed by atoms with Crippen LogP contribution in [-0.2, 0) is 25.9 Å². The van der Waals surface area contributed by atoms with Crippen LogP contribution in [0, 0.1) is 5.92 Å². The molecule has 0 radical (unpaired) electrons. The van der Waals surface area contributed by atoms with Crippen molar-refractivity contribution >= 4 is 50.6 Å². The molecule has 0 bridgehead atoms. The van der Waals surface area contributed by atoms with Gasteiger partial charge in [0.2, 0.25) is 9.84 Å². The zero-order chi connectivity index (χ0) is 26.3. The molecular weight excluding hydrogens is 551 g/mol. The molecule has 194 valence electrons. The van der Waals surface area contributed by atoms with Crippen LogP contribution in [0.2, 0.25) is 10.0 Å². The van der Waals surface area contributed by atoms with E-state index in [1.807, 2.05) is 17.7 Å². The molecule has 0 N–H and O–H groups in total. The van der Waals surface area contributed by atoms with Gasteiger partial charge in [0.05, 0.1) is 38.7 Å². The first-order chi connectivity index (χ1) is 17.1. The summed E-state index contributed by atoms with van der Waals surface area (Å²) in [7, 11) is -3.92. The summed E-state index contributed by atoms with van der Waals surface area (Å²) in [5, 5.41) is -0.0203. The van der Waals surface area contributed by atoms with Crippen molar-refractivity contribution in [3.05, 3.63) is 65.2 Å². The van der Waals surface area contributed by atoms with Crippen molar-refractivity contribution in [2.45, 2.75) is 36.3 Å². The van der Waals surface area contributed by atoms with Gasteiger partial charge < -0.3 is 18.8 Å². The second-order valence-electron chi connectivity index (χ2n) is 8.06. The van der Waals surface area contributed by atoms with Crippen LogP contribution in [0.1, 0.15) is 13.8 Å². The summed E-state index contributed by atoms with van der Waals surface area (Å²) in [4.78, 5) is 15.1. The number of alkyl halides is 1. The molecule has 1 heterocycles. The molecule has 3 aromatic rings. The lowest BCUT2D eigenvalue weighted by atomic mass is 10.2. The van der Waals surface area contributed by atoms with E-state index < -0.39 is 21.9 Å². The van der Waals surface area contributed by atoms with Gasteiger partial charge in [-0.15, -0.1) is 11.6 Å². The van der Waals surface area contributed by atoms with E-state index in [-0.39, 0.29) is 44.0 Å².